The molecule has 0 atom stereocenters. The molecule has 49 valence electrons. The first-order valence-corrected chi connectivity index (χ1v) is 4.01. The van der Waals surface area contributed by atoms with Gasteiger partial charge in [0.25, 0.3) is 0 Å². The molecule has 2 aliphatic carbocycles. The molecule has 2 rings (SSSR count). The maximum atomic E-state index is 2.45. The maximum Gasteiger partial charge on any atom is 0.000567 e. The fourth-order valence-corrected chi connectivity index (χ4v) is 1.95. The highest BCUT2D eigenvalue weighted by atomic mass is 14.3. The van der Waals surface area contributed by atoms with Crippen LogP contribution in [0.2, 0.25) is 0 Å². The summed E-state index contributed by atoms with van der Waals surface area (Å²) in [6, 6.07) is 0. The maximum absolute atomic E-state index is 2.45. The molecular weight excluding hydrogens is 108 g/mol. The lowest BCUT2D eigenvalue weighted by molar-refractivity contribution is 0.717. The van der Waals surface area contributed by atoms with Crippen molar-refractivity contribution in [3.8, 4) is 0 Å². The lowest BCUT2D eigenvalue weighted by Gasteiger charge is -2.15. The van der Waals surface area contributed by atoms with Gasteiger partial charge in [-0.2, -0.15) is 0 Å². The quantitative estimate of drug-likeness (QED) is 0.462. The Bertz CT molecular complexity index is 133. The standard InChI is InChI=1S/C9H13/c1-2-5-9-7-3-6-8(9)4-1/h4H,1-3,5-7H2. The zero-order valence-corrected chi connectivity index (χ0v) is 5.82. The third kappa shape index (κ3) is 0.910. The second-order valence-corrected chi connectivity index (χ2v) is 3.08. The Morgan fingerprint density at radius 2 is 1.89 bits per heavy atom. The van der Waals surface area contributed by atoms with Crippen molar-refractivity contribution in [1.29, 1.82) is 0 Å². The Labute approximate surface area is 57.0 Å². The first-order chi connectivity index (χ1) is 4.47. The number of hydrogen-bond donors (Lipinski definition) is 0. The smallest absolute Gasteiger partial charge is 0.000567 e. The topological polar surface area (TPSA) is 0 Å². The van der Waals surface area contributed by atoms with E-state index in [2.05, 4.69) is 6.08 Å². The summed E-state index contributed by atoms with van der Waals surface area (Å²) in [4.78, 5) is 0. The van der Waals surface area contributed by atoms with Crippen LogP contribution < -0.4 is 0 Å². The Kier molecular flexibility index (Phi) is 1.33. The molecule has 0 aromatic rings. The van der Waals surface area contributed by atoms with E-state index in [0.717, 1.165) is 0 Å². The molecule has 0 N–H and O–H groups in total. The summed E-state index contributed by atoms with van der Waals surface area (Å²) in [6.45, 7) is 0. The molecule has 1 fully saturated rings. The zero-order valence-electron chi connectivity index (χ0n) is 5.82. The van der Waals surface area contributed by atoms with E-state index in [9.17, 15) is 0 Å². The largest absolute Gasteiger partial charge is 0.0847 e. The molecule has 1 saturated carbocycles. The second-order valence-electron chi connectivity index (χ2n) is 3.08. The van der Waals surface area contributed by atoms with Crippen LogP contribution in [0.15, 0.2) is 11.6 Å². The first kappa shape index (κ1) is 5.52. The van der Waals surface area contributed by atoms with E-state index >= 15 is 0 Å². The zero-order chi connectivity index (χ0) is 6.10. The molecule has 0 aliphatic heterocycles. The van der Waals surface area contributed by atoms with Crippen molar-refractivity contribution in [1.82, 2.24) is 0 Å². The molecule has 0 heteroatoms. The third-order valence-electron chi connectivity index (χ3n) is 2.45. The summed E-state index contributed by atoms with van der Waals surface area (Å²) in [5.41, 5.74) is 1.71. The fourth-order valence-electron chi connectivity index (χ4n) is 1.95. The normalized spacial score (nSPS) is 27.8. The van der Waals surface area contributed by atoms with Gasteiger partial charge >= 0.3 is 0 Å². The minimum Gasteiger partial charge on any atom is -0.0847 e. The number of rotatable bonds is 0. The number of allylic oxidation sites excluding steroid dienone is 2. The summed E-state index contributed by atoms with van der Waals surface area (Å²) >= 11 is 0. The predicted molar refractivity (Wildman–Crippen MR) is 39.0 cm³/mol. The molecule has 9 heavy (non-hydrogen) atoms. The van der Waals surface area contributed by atoms with Crippen LogP contribution in [0.5, 0.6) is 0 Å². The first-order valence-electron chi connectivity index (χ1n) is 4.01. The summed E-state index contributed by atoms with van der Waals surface area (Å²) in [7, 11) is 0. The molecule has 0 amide bonds. The van der Waals surface area contributed by atoms with Crippen LogP contribution >= 0.6 is 0 Å². The predicted octanol–water partition coefficient (Wildman–Crippen LogP) is 2.86. The Balaban J connectivity index is 2.16. The highest BCUT2D eigenvalue weighted by molar-refractivity contribution is 5.30. The van der Waals surface area contributed by atoms with Gasteiger partial charge in [0.05, 0.1) is 0 Å². The van der Waals surface area contributed by atoms with Crippen molar-refractivity contribution in [3.05, 3.63) is 17.6 Å². The van der Waals surface area contributed by atoms with E-state index in [1.165, 1.54) is 38.5 Å². The molecule has 0 aromatic heterocycles. The molecule has 0 bridgehead atoms. The van der Waals surface area contributed by atoms with Gasteiger partial charge in [-0.05, 0) is 38.5 Å². The molecule has 0 saturated heterocycles. The minimum absolute atomic E-state index is 1.35. The average Bonchev–Trinajstić information content (AvgIpc) is 2.33. The van der Waals surface area contributed by atoms with Gasteiger partial charge < -0.3 is 0 Å². The molecular formula is C9H13. The Morgan fingerprint density at radius 1 is 1.00 bits per heavy atom. The van der Waals surface area contributed by atoms with Gasteiger partial charge in [-0.3, -0.25) is 0 Å². The van der Waals surface area contributed by atoms with Crippen LogP contribution in [0.3, 0.4) is 0 Å². The lowest BCUT2D eigenvalue weighted by atomic mass is 9.90. The SMILES string of the molecule is C1=C2CCC[C]2CCC1. The average molecular weight is 121 g/mol. The van der Waals surface area contributed by atoms with E-state index in [0.29, 0.717) is 0 Å². The van der Waals surface area contributed by atoms with Gasteiger partial charge in [-0.1, -0.05) is 11.6 Å². The van der Waals surface area contributed by atoms with Gasteiger partial charge in [-0.25, -0.2) is 0 Å². The van der Waals surface area contributed by atoms with Crippen molar-refractivity contribution in [2.75, 3.05) is 0 Å². The van der Waals surface area contributed by atoms with Crippen molar-refractivity contribution >= 4 is 0 Å². The second kappa shape index (κ2) is 2.17. The summed E-state index contributed by atoms with van der Waals surface area (Å²) in [5.74, 6) is 1.78. The molecule has 0 spiro atoms. The van der Waals surface area contributed by atoms with Crippen LogP contribution in [0, 0.1) is 5.92 Å². The third-order valence-corrected chi connectivity index (χ3v) is 2.45. The number of fused-ring (bicyclic) bond motifs is 1. The fraction of sp³-hybridized carbons (Fsp3) is 0.667. The molecule has 0 aromatic carbocycles. The Morgan fingerprint density at radius 3 is 2.78 bits per heavy atom. The van der Waals surface area contributed by atoms with Gasteiger partial charge in [0.1, 0.15) is 0 Å². The van der Waals surface area contributed by atoms with Gasteiger partial charge in [-0.15, -0.1) is 0 Å². The van der Waals surface area contributed by atoms with E-state index in [4.69, 9.17) is 0 Å². The van der Waals surface area contributed by atoms with E-state index in [1.807, 2.05) is 0 Å². The van der Waals surface area contributed by atoms with E-state index < -0.39 is 0 Å². The van der Waals surface area contributed by atoms with Crippen LogP contribution in [0.1, 0.15) is 38.5 Å². The van der Waals surface area contributed by atoms with Gasteiger partial charge in [0.15, 0.2) is 0 Å². The van der Waals surface area contributed by atoms with Crippen molar-refractivity contribution < 1.29 is 0 Å². The molecule has 0 unspecified atom stereocenters. The minimum atomic E-state index is 1.35. The van der Waals surface area contributed by atoms with Gasteiger partial charge in [0, 0.05) is 5.92 Å². The Hall–Kier alpha value is -0.260. The van der Waals surface area contributed by atoms with Crippen LogP contribution in [0.25, 0.3) is 0 Å². The highest BCUT2D eigenvalue weighted by Crippen LogP contribution is 2.39. The van der Waals surface area contributed by atoms with Crippen LogP contribution in [0.4, 0.5) is 0 Å². The van der Waals surface area contributed by atoms with Crippen molar-refractivity contribution in [3.63, 3.8) is 0 Å². The summed E-state index contributed by atoms with van der Waals surface area (Å²) in [5, 5.41) is 0. The highest BCUT2D eigenvalue weighted by Gasteiger charge is 2.22. The molecule has 2 aliphatic rings. The van der Waals surface area contributed by atoms with Crippen LogP contribution in [-0.2, 0) is 0 Å². The monoisotopic (exact) mass is 121 g/mol. The van der Waals surface area contributed by atoms with Crippen molar-refractivity contribution in [2.45, 2.75) is 38.5 Å². The van der Waals surface area contributed by atoms with Gasteiger partial charge in [0.2, 0.25) is 0 Å². The molecule has 0 nitrogen and oxygen atoms in total. The van der Waals surface area contributed by atoms with Crippen LogP contribution in [-0.4, -0.2) is 0 Å². The summed E-state index contributed by atoms with van der Waals surface area (Å²) < 4.78 is 0. The number of hydrogen-bond acceptors (Lipinski definition) is 0. The van der Waals surface area contributed by atoms with Crippen molar-refractivity contribution in [2.24, 2.45) is 0 Å². The lowest BCUT2D eigenvalue weighted by Crippen LogP contribution is -1.98. The van der Waals surface area contributed by atoms with E-state index in [1.54, 1.807) is 11.5 Å². The molecule has 1 radical (unpaired) electrons. The molecule has 0 heterocycles. The van der Waals surface area contributed by atoms with E-state index in [-0.39, 0.29) is 0 Å². The summed E-state index contributed by atoms with van der Waals surface area (Å²) in [6.07, 6.45) is 10.8.